The molecule has 0 amide bonds. The van der Waals surface area contributed by atoms with Gasteiger partial charge in [0, 0.05) is 44.0 Å². The van der Waals surface area contributed by atoms with Crippen LogP contribution in [0, 0.1) is 0 Å². The van der Waals surface area contributed by atoms with Crippen LogP contribution in [0.15, 0.2) is 24.3 Å². The summed E-state index contributed by atoms with van der Waals surface area (Å²) in [6, 6.07) is 8.22. The van der Waals surface area contributed by atoms with Gasteiger partial charge in [-0.25, -0.2) is 9.97 Å². The number of hydrogen-bond donors (Lipinski definition) is 1. The van der Waals surface area contributed by atoms with E-state index in [1.807, 2.05) is 0 Å². The molecule has 1 aliphatic heterocycles. The largest absolute Gasteiger partial charge is 0.494 e. The lowest BCUT2D eigenvalue weighted by atomic mass is 10.1. The summed E-state index contributed by atoms with van der Waals surface area (Å²) in [6.45, 7) is 5.55. The van der Waals surface area contributed by atoms with Crippen molar-refractivity contribution in [2.75, 3.05) is 58.8 Å². The van der Waals surface area contributed by atoms with Crippen molar-refractivity contribution in [2.24, 2.45) is 5.73 Å². The number of ether oxygens (including phenoxy) is 1. The summed E-state index contributed by atoms with van der Waals surface area (Å²) >= 11 is 0. The molecule has 0 radical (unpaired) electrons. The molecule has 1 saturated heterocycles. The van der Waals surface area contributed by atoms with Gasteiger partial charge in [-0.3, -0.25) is 0 Å². The molecule has 1 fully saturated rings. The van der Waals surface area contributed by atoms with Gasteiger partial charge in [-0.2, -0.15) is 0 Å². The number of nitrogens with zero attached hydrogens (tertiary/aromatic N) is 5. The van der Waals surface area contributed by atoms with Gasteiger partial charge in [0.25, 0.3) is 0 Å². The van der Waals surface area contributed by atoms with Gasteiger partial charge in [0.15, 0.2) is 0 Å². The molecule has 7 heteroatoms. The average molecular weight is 481 g/mol. The zero-order valence-electron chi connectivity index (χ0n) is 22.0. The number of hydrogen-bond acceptors (Lipinski definition) is 7. The van der Waals surface area contributed by atoms with Crippen molar-refractivity contribution in [1.29, 1.82) is 0 Å². The summed E-state index contributed by atoms with van der Waals surface area (Å²) in [6.07, 6.45) is 9.52. The minimum Gasteiger partial charge on any atom is -0.494 e. The Hall–Kier alpha value is -2.22. The number of likely N-dealkylation sites (N-methyl/N-ethyl adjacent to an activating group) is 1. The molecule has 0 spiro atoms. The lowest BCUT2D eigenvalue weighted by Gasteiger charge is -2.26. The molecule has 1 aliphatic carbocycles. The monoisotopic (exact) mass is 480 g/mol. The van der Waals surface area contributed by atoms with Gasteiger partial charge < -0.3 is 25.2 Å². The zero-order valence-corrected chi connectivity index (χ0v) is 22.0. The Labute approximate surface area is 211 Å². The number of aryl methyl sites for hydroxylation is 1. The summed E-state index contributed by atoms with van der Waals surface area (Å²) in [7, 11) is 6.29. The van der Waals surface area contributed by atoms with Gasteiger partial charge in [0.05, 0.1) is 12.6 Å². The molecule has 7 nitrogen and oxygen atoms in total. The third kappa shape index (κ3) is 7.38. The Bertz CT molecular complexity index is 924. The normalized spacial score (nSPS) is 17.0. The summed E-state index contributed by atoms with van der Waals surface area (Å²) in [5, 5.41) is 0. The van der Waals surface area contributed by atoms with E-state index in [-0.39, 0.29) is 6.04 Å². The maximum atomic E-state index is 6.68. The molecule has 1 unspecified atom stereocenters. The first-order valence-electron chi connectivity index (χ1n) is 13.4. The van der Waals surface area contributed by atoms with E-state index in [0.717, 1.165) is 70.2 Å². The van der Waals surface area contributed by atoms with Crippen molar-refractivity contribution in [1.82, 2.24) is 19.8 Å². The number of aromatic nitrogens is 2. The van der Waals surface area contributed by atoms with E-state index >= 15 is 0 Å². The van der Waals surface area contributed by atoms with Gasteiger partial charge in [-0.15, -0.1) is 0 Å². The van der Waals surface area contributed by atoms with Gasteiger partial charge in [0.2, 0.25) is 0 Å². The molecule has 0 saturated carbocycles. The topological polar surface area (TPSA) is 70.8 Å². The molecule has 1 aromatic heterocycles. The van der Waals surface area contributed by atoms with Crippen molar-refractivity contribution in [2.45, 2.75) is 64.0 Å². The zero-order chi connectivity index (χ0) is 24.6. The van der Waals surface area contributed by atoms with Gasteiger partial charge >= 0.3 is 0 Å². The Morgan fingerprint density at radius 1 is 0.971 bits per heavy atom. The van der Waals surface area contributed by atoms with Gasteiger partial charge in [0.1, 0.15) is 17.4 Å². The van der Waals surface area contributed by atoms with E-state index in [9.17, 15) is 0 Å². The summed E-state index contributed by atoms with van der Waals surface area (Å²) in [5.74, 6) is 2.90. The first-order valence-corrected chi connectivity index (χ1v) is 13.4. The summed E-state index contributed by atoms with van der Waals surface area (Å²) < 4.78 is 5.86. The van der Waals surface area contributed by atoms with Crippen LogP contribution in [-0.4, -0.2) is 73.7 Å². The highest BCUT2D eigenvalue weighted by molar-refractivity contribution is 5.51. The third-order valence-electron chi connectivity index (χ3n) is 7.07. The maximum Gasteiger partial charge on any atom is 0.149 e. The predicted octanol–water partition coefficient (Wildman–Crippen LogP) is 3.81. The number of anilines is 1. The number of benzene rings is 1. The second kappa shape index (κ2) is 12.7. The Kier molecular flexibility index (Phi) is 9.35. The quantitative estimate of drug-likeness (QED) is 0.491. The fourth-order valence-corrected chi connectivity index (χ4v) is 5.20. The van der Waals surface area contributed by atoms with Crippen LogP contribution in [0.4, 0.5) is 5.82 Å². The molecule has 0 bridgehead atoms. The lowest BCUT2D eigenvalue weighted by molar-refractivity contribution is 0.281. The first-order chi connectivity index (χ1) is 17.0. The molecular weight excluding hydrogens is 436 g/mol. The van der Waals surface area contributed by atoms with Crippen molar-refractivity contribution in [3.8, 4) is 5.75 Å². The van der Waals surface area contributed by atoms with Crippen LogP contribution in [-0.2, 0) is 19.4 Å². The highest BCUT2D eigenvalue weighted by atomic mass is 16.5. The number of nitrogens with two attached hydrogens (primary N) is 1. The minimum atomic E-state index is -0.198. The van der Waals surface area contributed by atoms with Crippen LogP contribution in [0.3, 0.4) is 0 Å². The predicted molar refractivity (Wildman–Crippen MR) is 143 cm³/mol. The molecule has 4 rings (SSSR count). The summed E-state index contributed by atoms with van der Waals surface area (Å²) in [5.41, 5.74) is 10.5. The van der Waals surface area contributed by atoms with Crippen LogP contribution in [0.5, 0.6) is 5.75 Å². The average Bonchev–Trinajstić information content (AvgIpc) is 3.15. The fourth-order valence-electron chi connectivity index (χ4n) is 5.20. The van der Waals surface area contributed by atoms with Crippen molar-refractivity contribution in [3.63, 3.8) is 0 Å². The van der Waals surface area contributed by atoms with E-state index in [0.29, 0.717) is 0 Å². The molecular formula is C28H44N6O. The van der Waals surface area contributed by atoms with Crippen LogP contribution in [0.25, 0.3) is 0 Å². The SMILES string of the molecule is CN(C)CCCOc1ccc(CN(C)CC(N)c2nc3c(c(N4CCCCCC4)n2)CCC3)cc1. The molecule has 1 aromatic carbocycles. The molecule has 1 atom stereocenters. The molecule has 2 aliphatic rings. The van der Waals surface area contributed by atoms with Crippen molar-refractivity contribution < 1.29 is 4.74 Å². The second-order valence-corrected chi connectivity index (χ2v) is 10.5. The number of fused-ring (bicyclic) bond motifs is 1. The highest BCUT2D eigenvalue weighted by Crippen LogP contribution is 2.31. The standard InChI is InChI=1S/C28H44N6O/c1-32(2)16-9-19-35-23-14-12-22(13-15-23)20-33(3)21-25(29)27-30-26-11-8-10-24(26)28(31-27)34-17-6-4-5-7-18-34/h12-15,25H,4-11,16-21,29H2,1-3H3. The fraction of sp³-hybridized carbons (Fsp3) is 0.643. The van der Waals surface area contributed by atoms with E-state index in [1.54, 1.807) is 0 Å². The van der Waals surface area contributed by atoms with Crippen molar-refractivity contribution in [3.05, 3.63) is 46.9 Å². The maximum absolute atomic E-state index is 6.68. The van der Waals surface area contributed by atoms with Crippen LogP contribution in [0.1, 0.15) is 67.2 Å². The lowest BCUT2D eigenvalue weighted by Crippen LogP contribution is -2.32. The molecule has 2 N–H and O–H groups in total. The van der Waals surface area contributed by atoms with Crippen LogP contribution in [0.2, 0.25) is 0 Å². The second-order valence-electron chi connectivity index (χ2n) is 10.5. The Balaban J connectivity index is 1.34. The van der Waals surface area contributed by atoms with Gasteiger partial charge in [-0.05, 0) is 77.4 Å². The summed E-state index contributed by atoms with van der Waals surface area (Å²) in [4.78, 5) is 17.0. The molecule has 2 heterocycles. The first kappa shape index (κ1) is 25.9. The smallest absolute Gasteiger partial charge is 0.149 e. The third-order valence-corrected chi connectivity index (χ3v) is 7.07. The van der Waals surface area contributed by atoms with Crippen molar-refractivity contribution >= 4 is 5.82 Å². The Morgan fingerprint density at radius 3 is 2.43 bits per heavy atom. The van der Waals surface area contributed by atoms with E-state index in [2.05, 4.69) is 60.1 Å². The molecule has 2 aromatic rings. The highest BCUT2D eigenvalue weighted by Gasteiger charge is 2.25. The minimum absolute atomic E-state index is 0.198. The van der Waals surface area contributed by atoms with Crippen LogP contribution < -0.4 is 15.4 Å². The number of rotatable bonds is 11. The Morgan fingerprint density at radius 2 is 1.71 bits per heavy atom. The van der Waals surface area contributed by atoms with E-state index in [4.69, 9.17) is 20.4 Å². The van der Waals surface area contributed by atoms with Crippen LogP contribution >= 0.6 is 0 Å². The van der Waals surface area contributed by atoms with Gasteiger partial charge in [-0.1, -0.05) is 25.0 Å². The molecule has 192 valence electrons. The van der Waals surface area contributed by atoms with E-state index < -0.39 is 0 Å². The molecule has 35 heavy (non-hydrogen) atoms. The van der Waals surface area contributed by atoms with E-state index in [1.165, 1.54) is 54.7 Å².